The molecule has 0 radical (unpaired) electrons. The van der Waals surface area contributed by atoms with Gasteiger partial charge in [0.2, 0.25) is 11.8 Å². The minimum Gasteiger partial charge on any atom is -0.460 e. The molecule has 0 aliphatic carbocycles. The number of aliphatic hydroxyl groups excluding tert-OH is 1. The molecule has 3 saturated heterocycles. The van der Waals surface area contributed by atoms with Gasteiger partial charge in [-0.3, -0.25) is 19.2 Å². The number of anilines is 1. The predicted molar refractivity (Wildman–Crippen MR) is 161 cm³/mol. The number of alkyl halides is 1. The molecule has 1 aromatic carbocycles. The zero-order valence-electron chi connectivity index (χ0n) is 23.7. The summed E-state index contributed by atoms with van der Waals surface area (Å²) >= 11 is 9.72. The number of hydrogen-bond acceptors (Lipinski definition) is 7. The molecule has 4 rings (SSSR count). The van der Waals surface area contributed by atoms with E-state index in [1.165, 1.54) is 9.80 Å². The number of nitrogens with zero attached hydrogens (tertiary/aromatic N) is 2. The van der Waals surface area contributed by atoms with Crippen LogP contribution in [0, 0.1) is 11.8 Å². The summed E-state index contributed by atoms with van der Waals surface area (Å²) in [7, 11) is 0. The number of carbonyl (C=O) groups is 4. The van der Waals surface area contributed by atoms with E-state index in [2.05, 4.69) is 34.4 Å². The van der Waals surface area contributed by atoms with Crippen molar-refractivity contribution in [3.8, 4) is 0 Å². The van der Waals surface area contributed by atoms with E-state index in [1.807, 2.05) is 0 Å². The van der Waals surface area contributed by atoms with Gasteiger partial charge in [-0.2, -0.15) is 0 Å². The van der Waals surface area contributed by atoms with E-state index in [0.717, 1.165) is 0 Å². The molecular weight excluding hydrogens is 630 g/mol. The fraction of sp³-hybridized carbons (Fsp3) is 0.533. The normalized spacial score (nSPS) is 29.0. The number of fused-ring (bicyclic) bond motifs is 1. The number of amides is 3. The molecule has 10 nitrogen and oxygen atoms in total. The molecule has 3 aliphatic rings. The van der Waals surface area contributed by atoms with Crippen LogP contribution in [0.2, 0.25) is 5.02 Å². The van der Waals surface area contributed by atoms with Gasteiger partial charge in [-0.25, -0.2) is 0 Å². The second-order valence-electron chi connectivity index (χ2n) is 11.0. The lowest BCUT2D eigenvalue weighted by molar-refractivity contribution is -0.159. The Morgan fingerprint density at radius 2 is 1.98 bits per heavy atom. The number of allylic oxidation sites excluding steroid dienone is 1. The lowest BCUT2D eigenvalue weighted by Crippen LogP contribution is -2.58. The Morgan fingerprint density at radius 3 is 2.60 bits per heavy atom. The first kappa shape index (κ1) is 32.2. The molecule has 2 bridgehead atoms. The van der Waals surface area contributed by atoms with Crippen LogP contribution >= 0.6 is 27.5 Å². The highest BCUT2D eigenvalue weighted by molar-refractivity contribution is 9.09. The van der Waals surface area contributed by atoms with Gasteiger partial charge in [0.05, 0.1) is 37.1 Å². The van der Waals surface area contributed by atoms with E-state index in [9.17, 15) is 24.3 Å². The number of carbonyl (C=O) groups excluding carboxylic acids is 4. The average molecular weight is 667 g/mol. The second kappa shape index (κ2) is 13.3. The average Bonchev–Trinajstić information content (AvgIpc) is 3.56. The lowest BCUT2D eigenvalue weighted by atomic mass is 9.70. The summed E-state index contributed by atoms with van der Waals surface area (Å²) in [5, 5.41) is 13.3. The predicted octanol–water partition coefficient (Wildman–Crippen LogP) is 3.00. The molecule has 1 spiro atoms. The number of likely N-dealkylation sites (tertiary alicyclic amines) is 1. The maximum Gasteiger partial charge on any atom is 0.312 e. The van der Waals surface area contributed by atoms with Crippen LogP contribution in [-0.4, -0.2) is 88.1 Å². The zero-order chi connectivity index (χ0) is 30.8. The number of nitrogens with one attached hydrogen (secondary N) is 1. The smallest absolute Gasteiger partial charge is 0.312 e. The highest BCUT2D eigenvalue weighted by Crippen LogP contribution is 2.60. The van der Waals surface area contributed by atoms with Gasteiger partial charge in [-0.1, -0.05) is 39.7 Å². The summed E-state index contributed by atoms with van der Waals surface area (Å²) in [6, 6.07) is 4.89. The molecule has 1 unspecified atom stereocenters. The molecule has 1 aromatic rings. The molecule has 8 atom stereocenters. The number of ether oxygens (including phenoxy) is 2. The number of esters is 1. The Hall–Kier alpha value is -2.73. The summed E-state index contributed by atoms with van der Waals surface area (Å²) < 4.78 is 12.2. The van der Waals surface area contributed by atoms with Crippen molar-refractivity contribution in [2.24, 2.45) is 11.8 Å². The van der Waals surface area contributed by atoms with Crippen LogP contribution < -0.4 is 10.2 Å². The third kappa shape index (κ3) is 5.89. The summed E-state index contributed by atoms with van der Waals surface area (Å²) in [6.45, 7) is 10.6. The summed E-state index contributed by atoms with van der Waals surface area (Å²) in [5.74, 6) is -3.66. The number of benzene rings is 1. The van der Waals surface area contributed by atoms with Gasteiger partial charge in [0, 0.05) is 28.5 Å². The zero-order valence-corrected chi connectivity index (χ0v) is 26.1. The van der Waals surface area contributed by atoms with Crippen LogP contribution in [0.1, 0.15) is 33.1 Å². The SMILES string of the molecule is C=CCCC(=O)NC[C@@H](C)OC(=O)[C@H]1[C@@H]2O[C@@]3(CC2Br)[C@@H]1C(=O)N([C@H](C)CO)[C@@H]3C(=O)N(CC=C)c1ccc(Cl)cc1. The first-order valence-electron chi connectivity index (χ1n) is 14.0. The van der Waals surface area contributed by atoms with E-state index in [1.54, 1.807) is 50.3 Å². The van der Waals surface area contributed by atoms with Crippen molar-refractivity contribution in [2.75, 3.05) is 24.6 Å². The first-order valence-corrected chi connectivity index (χ1v) is 15.3. The Kier molecular flexibility index (Phi) is 10.2. The molecule has 3 heterocycles. The minimum absolute atomic E-state index is 0.105. The minimum atomic E-state index is -1.33. The summed E-state index contributed by atoms with van der Waals surface area (Å²) in [4.78, 5) is 56.7. The standard InChI is InChI=1S/C30H37BrClN3O7/c1-5-7-8-22(37)33-15-18(4)41-29(40)23-24-27(38)35(17(3)16-36)26(30(24)14-21(31)25(23)42-30)28(39)34(13-6-2)20-11-9-19(32)10-12-20/h5-6,9-12,17-18,21,23-26,36H,1-2,7-8,13-16H2,3-4H3,(H,33,37)/t17-,18-,21?,23-,24+,25-,26-,30+/m1/s1. The van der Waals surface area contributed by atoms with E-state index < -0.39 is 59.5 Å². The molecule has 0 saturated carbocycles. The van der Waals surface area contributed by atoms with Crippen LogP contribution in [0.4, 0.5) is 5.69 Å². The molecule has 3 aliphatic heterocycles. The Labute approximate surface area is 259 Å². The first-order chi connectivity index (χ1) is 20.0. The van der Waals surface area contributed by atoms with Crippen LogP contribution in [0.3, 0.4) is 0 Å². The lowest BCUT2D eigenvalue weighted by Gasteiger charge is -2.38. The highest BCUT2D eigenvalue weighted by atomic mass is 79.9. The Bertz CT molecular complexity index is 1230. The van der Waals surface area contributed by atoms with Crippen molar-refractivity contribution >= 4 is 56.9 Å². The third-order valence-electron chi connectivity index (χ3n) is 8.17. The second-order valence-corrected chi connectivity index (χ2v) is 12.6. The van der Waals surface area contributed by atoms with Crippen LogP contribution in [0.25, 0.3) is 0 Å². The monoisotopic (exact) mass is 665 g/mol. The molecule has 228 valence electrons. The van der Waals surface area contributed by atoms with Gasteiger partial charge in [-0.05, 0) is 51.0 Å². The number of halogens is 2. The van der Waals surface area contributed by atoms with Crippen LogP contribution in [-0.2, 0) is 28.7 Å². The maximum atomic E-state index is 14.4. The third-order valence-corrected chi connectivity index (χ3v) is 9.26. The van der Waals surface area contributed by atoms with Crippen LogP contribution in [0.15, 0.2) is 49.6 Å². The van der Waals surface area contributed by atoms with Crippen molar-refractivity contribution in [1.29, 1.82) is 0 Å². The molecular formula is C30H37BrClN3O7. The van der Waals surface area contributed by atoms with E-state index in [4.69, 9.17) is 21.1 Å². The van der Waals surface area contributed by atoms with Crippen molar-refractivity contribution in [1.82, 2.24) is 10.2 Å². The fourth-order valence-corrected chi connectivity index (χ4v) is 7.37. The van der Waals surface area contributed by atoms with Crippen LogP contribution in [0.5, 0.6) is 0 Å². The van der Waals surface area contributed by atoms with Gasteiger partial charge >= 0.3 is 5.97 Å². The molecule has 42 heavy (non-hydrogen) atoms. The van der Waals surface area contributed by atoms with E-state index in [-0.39, 0.29) is 36.9 Å². The quantitative estimate of drug-likeness (QED) is 0.188. The molecule has 3 fully saturated rings. The number of hydrogen-bond donors (Lipinski definition) is 2. The van der Waals surface area contributed by atoms with Gasteiger partial charge in [0.1, 0.15) is 17.7 Å². The molecule has 12 heteroatoms. The molecule has 3 amide bonds. The highest BCUT2D eigenvalue weighted by Gasteiger charge is 2.77. The molecule has 0 aromatic heterocycles. The molecule has 2 N–H and O–H groups in total. The Morgan fingerprint density at radius 1 is 1.29 bits per heavy atom. The summed E-state index contributed by atoms with van der Waals surface area (Å²) in [6.07, 6.45) is 2.98. The van der Waals surface area contributed by atoms with Gasteiger partial charge in [-0.15, -0.1) is 13.2 Å². The fourth-order valence-electron chi connectivity index (χ4n) is 6.30. The Balaban J connectivity index is 1.64. The van der Waals surface area contributed by atoms with Gasteiger partial charge in [0.25, 0.3) is 5.91 Å². The number of rotatable bonds is 13. The summed E-state index contributed by atoms with van der Waals surface area (Å²) in [5.41, 5.74) is -0.773. The van der Waals surface area contributed by atoms with Gasteiger partial charge < -0.3 is 29.7 Å². The van der Waals surface area contributed by atoms with E-state index >= 15 is 0 Å². The van der Waals surface area contributed by atoms with Crippen molar-refractivity contribution in [2.45, 2.75) is 67.8 Å². The van der Waals surface area contributed by atoms with E-state index in [0.29, 0.717) is 23.6 Å². The number of aliphatic hydroxyl groups is 1. The van der Waals surface area contributed by atoms with Crippen molar-refractivity contribution in [3.05, 3.63) is 54.6 Å². The van der Waals surface area contributed by atoms with Crippen molar-refractivity contribution < 1.29 is 33.8 Å². The largest absolute Gasteiger partial charge is 0.460 e. The van der Waals surface area contributed by atoms with Gasteiger partial charge in [0.15, 0.2) is 0 Å². The maximum absolute atomic E-state index is 14.4. The topological polar surface area (TPSA) is 125 Å². The van der Waals surface area contributed by atoms with Crippen molar-refractivity contribution in [3.63, 3.8) is 0 Å².